The first-order chi connectivity index (χ1) is 7.17. The van der Waals surface area contributed by atoms with E-state index in [9.17, 15) is 0 Å². The summed E-state index contributed by atoms with van der Waals surface area (Å²) in [5.74, 6) is 0. The van der Waals surface area contributed by atoms with Gasteiger partial charge in [0.15, 0.2) is 0 Å². The van der Waals surface area contributed by atoms with Gasteiger partial charge >= 0.3 is 0 Å². The molecule has 0 fully saturated rings. The lowest BCUT2D eigenvalue weighted by atomic mass is 10.2. The zero-order valence-corrected chi connectivity index (χ0v) is 8.95. The van der Waals surface area contributed by atoms with E-state index in [0.717, 1.165) is 5.69 Å². The molecule has 1 aromatic carbocycles. The molecule has 0 spiro atoms. The molecule has 0 saturated carbocycles. The maximum atomic E-state index is 8.67. The summed E-state index contributed by atoms with van der Waals surface area (Å²) in [4.78, 5) is 0. The summed E-state index contributed by atoms with van der Waals surface area (Å²) in [7, 11) is 1.65. The van der Waals surface area contributed by atoms with Gasteiger partial charge < -0.3 is 15.8 Å². The molecular weight excluding hydrogens is 190 g/mol. The maximum absolute atomic E-state index is 8.67. The van der Waals surface area contributed by atoms with Crippen molar-refractivity contribution in [3.8, 4) is 6.07 Å². The van der Waals surface area contributed by atoms with E-state index in [1.54, 1.807) is 25.3 Å². The summed E-state index contributed by atoms with van der Waals surface area (Å²) < 4.78 is 5.00. The first kappa shape index (κ1) is 11.3. The van der Waals surface area contributed by atoms with Crippen molar-refractivity contribution < 1.29 is 4.74 Å². The minimum absolute atomic E-state index is 0.185. The lowest BCUT2D eigenvalue weighted by Crippen LogP contribution is -2.21. The van der Waals surface area contributed by atoms with Crippen LogP contribution in [-0.4, -0.2) is 19.8 Å². The van der Waals surface area contributed by atoms with Crippen LogP contribution >= 0.6 is 0 Å². The number of hydrogen-bond acceptors (Lipinski definition) is 4. The molecule has 15 heavy (non-hydrogen) atoms. The van der Waals surface area contributed by atoms with Gasteiger partial charge in [-0.15, -0.1) is 0 Å². The van der Waals surface area contributed by atoms with Crippen molar-refractivity contribution in [2.75, 3.05) is 24.8 Å². The molecule has 0 bridgehead atoms. The van der Waals surface area contributed by atoms with Crippen LogP contribution in [-0.2, 0) is 4.74 Å². The molecule has 1 atom stereocenters. The zero-order chi connectivity index (χ0) is 11.3. The molecule has 4 nitrogen and oxygen atoms in total. The zero-order valence-electron chi connectivity index (χ0n) is 8.95. The average molecular weight is 205 g/mol. The van der Waals surface area contributed by atoms with Gasteiger partial charge in [0.1, 0.15) is 0 Å². The fourth-order valence-corrected chi connectivity index (χ4v) is 1.32. The number of anilines is 2. The van der Waals surface area contributed by atoms with Crippen LogP contribution in [0, 0.1) is 11.3 Å². The van der Waals surface area contributed by atoms with Gasteiger partial charge in [0.2, 0.25) is 0 Å². The molecule has 0 aliphatic heterocycles. The Morgan fingerprint density at radius 3 is 2.87 bits per heavy atom. The van der Waals surface area contributed by atoms with Gasteiger partial charge in [-0.1, -0.05) is 0 Å². The van der Waals surface area contributed by atoms with Gasteiger partial charge in [-0.2, -0.15) is 5.26 Å². The van der Waals surface area contributed by atoms with Crippen molar-refractivity contribution in [3.63, 3.8) is 0 Å². The lowest BCUT2D eigenvalue weighted by Gasteiger charge is -2.15. The highest BCUT2D eigenvalue weighted by Crippen LogP contribution is 2.20. The first-order valence-corrected chi connectivity index (χ1v) is 4.72. The highest BCUT2D eigenvalue weighted by molar-refractivity contribution is 5.68. The quantitative estimate of drug-likeness (QED) is 0.732. The van der Waals surface area contributed by atoms with Crippen molar-refractivity contribution in [2.24, 2.45) is 0 Å². The van der Waals surface area contributed by atoms with Gasteiger partial charge in [-0.05, 0) is 25.1 Å². The van der Waals surface area contributed by atoms with Gasteiger partial charge in [0, 0.05) is 13.2 Å². The van der Waals surface area contributed by atoms with E-state index in [1.165, 1.54) is 0 Å². The number of nitrogens with two attached hydrogens (primary N) is 1. The summed E-state index contributed by atoms with van der Waals surface area (Å²) in [5, 5.41) is 11.9. The number of rotatable bonds is 4. The molecule has 0 heterocycles. The van der Waals surface area contributed by atoms with Gasteiger partial charge in [-0.3, -0.25) is 0 Å². The van der Waals surface area contributed by atoms with Gasteiger partial charge in [-0.25, -0.2) is 0 Å². The first-order valence-electron chi connectivity index (χ1n) is 4.72. The Balaban J connectivity index is 2.74. The molecule has 3 N–H and O–H groups in total. The number of nitrogens with zero attached hydrogens (tertiary/aromatic N) is 1. The van der Waals surface area contributed by atoms with E-state index in [1.807, 2.05) is 13.0 Å². The third kappa shape index (κ3) is 3.15. The Labute approximate surface area is 89.7 Å². The van der Waals surface area contributed by atoms with E-state index in [-0.39, 0.29) is 6.04 Å². The van der Waals surface area contributed by atoms with Crippen molar-refractivity contribution >= 4 is 11.4 Å². The number of nitrogen functional groups attached to an aromatic ring is 1. The van der Waals surface area contributed by atoms with Crippen LogP contribution in [0.4, 0.5) is 11.4 Å². The third-order valence-corrected chi connectivity index (χ3v) is 2.00. The van der Waals surface area contributed by atoms with Crippen molar-refractivity contribution in [3.05, 3.63) is 23.8 Å². The second-order valence-corrected chi connectivity index (χ2v) is 3.41. The highest BCUT2D eigenvalue weighted by atomic mass is 16.5. The maximum Gasteiger partial charge on any atom is 0.0992 e. The second kappa shape index (κ2) is 5.23. The van der Waals surface area contributed by atoms with Crippen molar-refractivity contribution in [1.29, 1.82) is 5.26 Å². The van der Waals surface area contributed by atoms with Crippen molar-refractivity contribution in [2.45, 2.75) is 13.0 Å². The van der Waals surface area contributed by atoms with Crippen LogP contribution in [0.15, 0.2) is 18.2 Å². The summed E-state index contributed by atoms with van der Waals surface area (Å²) in [6, 6.07) is 7.42. The van der Waals surface area contributed by atoms with Crippen LogP contribution in [0.2, 0.25) is 0 Å². The lowest BCUT2D eigenvalue weighted by molar-refractivity contribution is 0.190. The van der Waals surface area contributed by atoms with Crippen LogP contribution in [0.25, 0.3) is 0 Å². The predicted molar refractivity (Wildman–Crippen MR) is 60.5 cm³/mol. The normalized spacial score (nSPS) is 11.8. The Morgan fingerprint density at radius 2 is 2.33 bits per heavy atom. The molecular formula is C11H15N3O. The number of nitriles is 1. The monoisotopic (exact) mass is 205 g/mol. The Bertz CT molecular complexity index is 371. The van der Waals surface area contributed by atoms with Gasteiger partial charge in [0.05, 0.1) is 29.6 Å². The van der Waals surface area contributed by atoms with E-state index in [4.69, 9.17) is 15.7 Å². The van der Waals surface area contributed by atoms with E-state index >= 15 is 0 Å². The van der Waals surface area contributed by atoms with Crippen LogP contribution in [0.1, 0.15) is 12.5 Å². The van der Waals surface area contributed by atoms with Crippen LogP contribution in [0.5, 0.6) is 0 Å². The Hall–Kier alpha value is -1.73. The molecule has 4 heteroatoms. The van der Waals surface area contributed by atoms with Crippen LogP contribution < -0.4 is 11.1 Å². The second-order valence-electron chi connectivity index (χ2n) is 3.41. The number of benzene rings is 1. The minimum atomic E-state index is 0.185. The minimum Gasteiger partial charge on any atom is -0.397 e. The largest absolute Gasteiger partial charge is 0.397 e. The molecule has 0 aliphatic rings. The van der Waals surface area contributed by atoms with E-state index in [0.29, 0.717) is 17.9 Å². The summed E-state index contributed by atoms with van der Waals surface area (Å²) in [6.07, 6.45) is 0. The Kier molecular flexibility index (Phi) is 3.95. The topological polar surface area (TPSA) is 71.1 Å². The molecule has 1 rings (SSSR count). The van der Waals surface area contributed by atoms with E-state index in [2.05, 4.69) is 5.32 Å². The number of nitrogens with one attached hydrogen (secondary N) is 1. The van der Waals surface area contributed by atoms with Crippen LogP contribution in [0.3, 0.4) is 0 Å². The third-order valence-electron chi connectivity index (χ3n) is 2.00. The fourth-order valence-electron chi connectivity index (χ4n) is 1.32. The molecule has 0 aromatic heterocycles. The summed E-state index contributed by atoms with van der Waals surface area (Å²) >= 11 is 0. The number of methoxy groups -OCH3 is 1. The molecule has 1 aromatic rings. The fraction of sp³-hybridized carbons (Fsp3) is 0.364. The average Bonchev–Trinajstić information content (AvgIpc) is 2.21. The smallest absolute Gasteiger partial charge is 0.0992 e. The molecule has 0 saturated heterocycles. The van der Waals surface area contributed by atoms with Crippen molar-refractivity contribution in [1.82, 2.24) is 0 Å². The molecule has 1 unspecified atom stereocenters. The molecule has 0 radical (unpaired) electrons. The molecule has 80 valence electrons. The Morgan fingerprint density at radius 1 is 1.60 bits per heavy atom. The number of ether oxygens (including phenoxy) is 1. The summed E-state index contributed by atoms with van der Waals surface area (Å²) in [6.45, 7) is 2.61. The highest BCUT2D eigenvalue weighted by Gasteiger charge is 2.04. The number of hydrogen-bond donors (Lipinski definition) is 2. The summed E-state index contributed by atoms with van der Waals surface area (Å²) in [5.41, 5.74) is 7.77. The molecule has 0 amide bonds. The standard InChI is InChI=1S/C11H15N3O/c1-8(7-15-2)14-11-4-3-9(6-12)5-10(11)13/h3-5,8,14H,7,13H2,1-2H3. The molecule has 0 aliphatic carbocycles. The van der Waals surface area contributed by atoms with Gasteiger partial charge in [0.25, 0.3) is 0 Å². The SMILES string of the molecule is COCC(C)Nc1ccc(C#N)cc1N. The predicted octanol–water partition coefficient (Wildman–Crippen LogP) is 1.59. The van der Waals surface area contributed by atoms with E-state index < -0.39 is 0 Å².